The van der Waals surface area contributed by atoms with Crippen LogP contribution in [0, 0.1) is 5.92 Å². The van der Waals surface area contributed by atoms with Crippen LogP contribution in [0.3, 0.4) is 0 Å². The molecule has 0 spiro atoms. The number of carbonyl (C=O) groups excluding carboxylic acids is 2. The summed E-state index contributed by atoms with van der Waals surface area (Å²) in [5.41, 5.74) is 2.43. The van der Waals surface area contributed by atoms with Crippen LogP contribution in [0.15, 0.2) is 17.5 Å². The molecule has 1 aromatic heterocycles. The zero-order valence-electron chi connectivity index (χ0n) is 10.9. The van der Waals surface area contributed by atoms with Crippen LogP contribution in [0.1, 0.15) is 29.4 Å². The van der Waals surface area contributed by atoms with Gasteiger partial charge in [-0.2, -0.15) is 0 Å². The number of hydroxylamine groups is 1. The Morgan fingerprint density at radius 1 is 1.47 bits per heavy atom. The van der Waals surface area contributed by atoms with E-state index in [1.54, 1.807) is 0 Å². The zero-order valence-corrected chi connectivity index (χ0v) is 11.7. The third kappa shape index (κ3) is 3.54. The number of piperidine rings is 1. The summed E-state index contributed by atoms with van der Waals surface area (Å²) in [5, 5.41) is 1.90. The number of hydrogen-bond donors (Lipinski definition) is 1. The van der Waals surface area contributed by atoms with Crippen molar-refractivity contribution in [2.24, 2.45) is 5.92 Å². The molecule has 2 heterocycles. The van der Waals surface area contributed by atoms with E-state index in [1.807, 2.05) is 29.3 Å². The Morgan fingerprint density at radius 2 is 2.21 bits per heavy atom. The van der Waals surface area contributed by atoms with Crippen molar-refractivity contribution in [1.82, 2.24) is 10.4 Å². The second-order valence-corrected chi connectivity index (χ2v) is 5.39. The van der Waals surface area contributed by atoms with E-state index in [1.165, 1.54) is 11.3 Å². The van der Waals surface area contributed by atoms with Crippen LogP contribution in [-0.4, -0.2) is 36.4 Å². The SMILES string of the molecule is CCONC(=O)C1CCN(C(=O)c2cccs2)CC1. The average Bonchev–Trinajstić information content (AvgIpc) is 2.98. The quantitative estimate of drug-likeness (QED) is 0.855. The Kier molecular flexibility index (Phi) is 4.93. The van der Waals surface area contributed by atoms with Crippen molar-refractivity contribution < 1.29 is 14.4 Å². The Morgan fingerprint density at radius 3 is 2.79 bits per heavy atom. The van der Waals surface area contributed by atoms with Gasteiger partial charge in [-0.25, -0.2) is 5.48 Å². The summed E-state index contributed by atoms with van der Waals surface area (Å²) in [6, 6.07) is 3.71. The van der Waals surface area contributed by atoms with E-state index in [0.717, 1.165) is 4.88 Å². The van der Waals surface area contributed by atoms with E-state index in [-0.39, 0.29) is 17.7 Å². The van der Waals surface area contributed by atoms with E-state index in [2.05, 4.69) is 5.48 Å². The molecule has 1 aliphatic rings. The highest BCUT2D eigenvalue weighted by Gasteiger charge is 2.28. The van der Waals surface area contributed by atoms with Gasteiger partial charge in [0.05, 0.1) is 11.5 Å². The summed E-state index contributed by atoms with van der Waals surface area (Å²) < 4.78 is 0. The summed E-state index contributed by atoms with van der Waals surface area (Å²) in [7, 11) is 0. The molecule has 0 aromatic carbocycles. The van der Waals surface area contributed by atoms with Gasteiger partial charge < -0.3 is 4.90 Å². The van der Waals surface area contributed by atoms with Gasteiger partial charge in [-0.1, -0.05) is 6.07 Å². The number of likely N-dealkylation sites (tertiary alicyclic amines) is 1. The van der Waals surface area contributed by atoms with Crippen molar-refractivity contribution in [3.05, 3.63) is 22.4 Å². The molecule has 2 rings (SSSR count). The molecule has 0 bridgehead atoms. The van der Waals surface area contributed by atoms with E-state index in [4.69, 9.17) is 4.84 Å². The number of carbonyl (C=O) groups is 2. The molecule has 1 N–H and O–H groups in total. The first-order chi connectivity index (χ1) is 9.22. The van der Waals surface area contributed by atoms with E-state index >= 15 is 0 Å². The first-order valence-electron chi connectivity index (χ1n) is 6.46. The van der Waals surface area contributed by atoms with Gasteiger partial charge in [0, 0.05) is 19.0 Å². The topological polar surface area (TPSA) is 58.6 Å². The molecule has 0 atom stereocenters. The summed E-state index contributed by atoms with van der Waals surface area (Å²) in [5.74, 6) is -0.0670. The number of hydrogen-bond acceptors (Lipinski definition) is 4. The molecule has 2 amide bonds. The second-order valence-electron chi connectivity index (χ2n) is 4.44. The molecule has 0 radical (unpaired) electrons. The number of nitrogens with one attached hydrogen (secondary N) is 1. The monoisotopic (exact) mass is 282 g/mol. The molecule has 1 aromatic rings. The maximum absolute atomic E-state index is 12.1. The van der Waals surface area contributed by atoms with Gasteiger partial charge in [-0.05, 0) is 31.2 Å². The Labute approximate surface area is 116 Å². The minimum absolute atomic E-state index is 0.0565. The maximum atomic E-state index is 12.1. The summed E-state index contributed by atoms with van der Waals surface area (Å²) >= 11 is 1.45. The number of amides is 2. The Hall–Kier alpha value is -1.40. The minimum Gasteiger partial charge on any atom is -0.338 e. The minimum atomic E-state index is -0.0786. The highest BCUT2D eigenvalue weighted by Crippen LogP contribution is 2.20. The fraction of sp³-hybridized carbons (Fsp3) is 0.538. The second kappa shape index (κ2) is 6.68. The zero-order chi connectivity index (χ0) is 13.7. The molecule has 6 heteroatoms. The first-order valence-corrected chi connectivity index (χ1v) is 7.34. The smallest absolute Gasteiger partial charge is 0.263 e. The lowest BCUT2D eigenvalue weighted by Crippen LogP contribution is -2.42. The largest absolute Gasteiger partial charge is 0.338 e. The van der Waals surface area contributed by atoms with Crippen LogP contribution in [-0.2, 0) is 9.63 Å². The average molecular weight is 282 g/mol. The van der Waals surface area contributed by atoms with E-state index in [0.29, 0.717) is 32.5 Å². The lowest BCUT2D eigenvalue weighted by atomic mass is 9.96. The fourth-order valence-corrected chi connectivity index (χ4v) is 2.82. The van der Waals surface area contributed by atoms with Crippen molar-refractivity contribution in [2.45, 2.75) is 19.8 Å². The summed E-state index contributed by atoms with van der Waals surface area (Å²) in [4.78, 5) is 31.3. The van der Waals surface area contributed by atoms with Gasteiger partial charge in [0.25, 0.3) is 5.91 Å². The third-order valence-corrected chi connectivity index (χ3v) is 4.06. The van der Waals surface area contributed by atoms with Gasteiger partial charge in [0.15, 0.2) is 0 Å². The van der Waals surface area contributed by atoms with Crippen LogP contribution < -0.4 is 5.48 Å². The van der Waals surface area contributed by atoms with E-state index in [9.17, 15) is 9.59 Å². The van der Waals surface area contributed by atoms with Crippen LogP contribution in [0.4, 0.5) is 0 Å². The lowest BCUT2D eigenvalue weighted by molar-refractivity contribution is -0.138. The van der Waals surface area contributed by atoms with Gasteiger partial charge in [0.2, 0.25) is 5.91 Å². The molecule has 5 nitrogen and oxygen atoms in total. The molecule has 1 aliphatic heterocycles. The summed E-state index contributed by atoms with van der Waals surface area (Å²) in [6.07, 6.45) is 1.38. The molecule has 0 saturated carbocycles. The number of nitrogens with zero attached hydrogens (tertiary/aromatic N) is 1. The van der Waals surface area contributed by atoms with Crippen molar-refractivity contribution in [3.63, 3.8) is 0 Å². The van der Waals surface area contributed by atoms with Gasteiger partial charge >= 0.3 is 0 Å². The predicted octanol–water partition coefficient (Wildman–Crippen LogP) is 1.67. The van der Waals surface area contributed by atoms with Crippen LogP contribution >= 0.6 is 11.3 Å². The van der Waals surface area contributed by atoms with E-state index < -0.39 is 0 Å². The molecule has 1 saturated heterocycles. The van der Waals surface area contributed by atoms with Crippen LogP contribution in [0.2, 0.25) is 0 Å². The van der Waals surface area contributed by atoms with Crippen LogP contribution in [0.5, 0.6) is 0 Å². The normalized spacial score (nSPS) is 16.4. The fourth-order valence-electron chi connectivity index (χ4n) is 2.13. The maximum Gasteiger partial charge on any atom is 0.263 e. The molecular weight excluding hydrogens is 264 g/mol. The molecule has 19 heavy (non-hydrogen) atoms. The number of thiophene rings is 1. The van der Waals surface area contributed by atoms with Gasteiger partial charge in [0.1, 0.15) is 0 Å². The molecular formula is C13H18N2O3S. The van der Waals surface area contributed by atoms with Crippen molar-refractivity contribution in [2.75, 3.05) is 19.7 Å². The molecule has 0 aliphatic carbocycles. The summed E-state index contributed by atoms with van der Waals surface area (Å²) in [6.45, 7) is 3.53. The third-order valence-electron chi connectivity index (χ3n) is 3.20. The Balaban J connectivity index is 1.82. The highest BCUT2D eigenvalue weighted by atomic mass is 32.1. The van der Waals surface area contributed by atoms with Crippen molar-refractivity contribution in [3.8, 4) is 0 Å². The van der Waals surface area contributed by atoms with Crippen molar-refractivity contribution in [1.29, 1.82) is 0 Å². The van der Waals surface area contributed by atoms with Gasteiger partial charge in [-0.15, -0.1) is 11.3 Å². The molecule has 0 unspecified atom stereocenters. The van der Waals surface area contributed by atoms with Crippen LogP contribution in [0.25, 0.3) is 0 Å². The standard InChI is InChI=1S/C13H18N2O3S/c1-2-18-14-12(16)10-5-7-15(8-6-10)13(17)11-4-3-9-19-11/h3-4,9-10H,2,5-8H2,1H3,(H,14,16). The first kappa shape index (κ1) is 14.0. The predicted molar refractivity (Wildman–Crippen MR) is 72.7 cm³/mol. The number of rotatable bonds is 4. The Bertz CT molecular complexity index is 425. The van der Waals surface area contributed by atoms with Gasteiger partial charge in [-0.3, -0.25) is 14.4 Å². The lowest BCUT2D eigenvalue weighted by Gasteiger charge is -2.30. The van der Waals surface area contributed by atoms with Crippen molar-refractivity contribution >= 4 is 23.2 Å². The molecule has 104 valence electrons. The molecule has 1 fully saturated rings. The highest BCUT2D eigenvalue weighted by molar-refractivity contribution is 7.12.